The fraction of sp³-hybridized carbons (Fsp3) is 0.0909. The SMILES string of the molecule is Cc1cc(-c2ccc(C#N)cc2)n[nH]1. The number of hydrogen-bond acceptors (Lipinski definition) is 2. The van der Waals surface area contributed by atoms with Gasteiger partial charge in [-0.15, -0.1) is 0 Å². The quantitative estimate of drug-likeness (QED) is 0.737. The van der Waals surface area contributed by atoms with Crippen LogP contribution in [0.3, 0.4) is 0 Å². The largest absolute Gasteiger partial charge is 0.282 e. The van der Waals surface area contributed by atoms with Crippen LogP contribution in [0.15, 0.2) is 30.3 Å². The van der Waals surface area contributed by atoms with Gasteiger partial charge in [-0.1, -0.05) is 12.1 Å². The average molecular weight is 183 g/mol. The number of nitrogens with one attached hydrogen (secondary N) is 1. The monoisotopic (exact) mass is 183 g/mol. The molecule has 1 heterocycles. The maximum Gasteiger partial charge on any atom is 0.0991 e. The molecule has 0 saturated heterocycles. The van der Waals surface area contributed by atoms with E-state index in [1.807, 2.05) is 25.1 Å². The number of nitrogens with zero attached hydrogens (tertiary/aromatic N) is 2. The first-order valence-electron chi connectivity index (χ1n) is 4.32. The molecule has 1 aromatic heterocycles. The van der Waals surface area contributed by atoms with Gasteiger partial charge in [0.15, 0.2) is 0 Å². The van der Waals surface area contributed by atoms with Crippen molar-refractivity contribution in [3.8, 4) is 17.3 Å². The van der Waals surface area contributed by atoms with Crippen molar-refractivity contribution < 1.29 is 0 Å². The topological polar surface area (TPSA) is 52.5 Å². The molecule has 2 rings (SSSR count). The summed E-state index contributed by atoms with van der Waals surface area (Å²) in [6, 6.07) is 11.4. The van der Waals surface area contributed by atoms with Crippen LogP contribution in [0.25, 0.3) is 11.3 Å². The molecule has 14 heavy (non-hydrogen) atoms. The molecule has 1 N–H and O–H groups in total. The Bertz CT molecular complexity index is 474. The molecule has 0 aliphatic carbocycles. The highest BCUT2D eigenvalue weighted by atomic mass is 15.1. The Morgan fingerprint density at radius 3 is 2.50 bits per heavy atom. The van der Waals surface area contributed by atoms with Crippen molar-refractivity contribution in [2.45, 2.75) is 6.92 Å². The lowest BCUT2D eigenvalue weighted by atomic mass is 10.1. The molecule has 68 valence electrons. The molecule has 0 atom stereocenters. The number of H-pyrrole nitrogens is 1. The minimum atomic E-state index is 0.668. The summed E-state index contributed by atoms with van der Waals surface area (Å²) < 4.78 is 0. The van der Waals surface area contributed by atoms with Crippen LogP contribution in [0, 0.1) is 18.3 Å². The Balaban J connectivity index is 2.39. The van der Waals surface area contributed by atoms with E-state index in [9.17, 15) is 0 Å². The summed E-state index contributed by atoms with van der Waals surface area (Å²) in [6.45, 7) is 1.96. The van der Waals surface area contributed by atoms with Gasteiger partial charge in [-0.05, 0) is 25.1 Å². The second kappa shape index (κ2) is 3.35. The highest BCUT2D eigenvalue weighted by Crippen LogP contribution is 2.17. The molecule has 0 saturated carbocycles. The van der Waals surface area contributed by atoms with Crippen molar-refractivity contribution in [2.75, 3.05) is 0 Å². The van der Waals surface area contributed by atoms with Crippen LogP contribution >= 0.6 is 0 Å². The predicted octanol–water partition coefficient (Wildman–Crippen LogP) is 2.26. The summed E-state index contributed by atoms with van der Waals surface area (Å²) in [7, 11) is 0. The van der Waals surface area contributed by atoms with Crippen molar-refractivity contribution in [3.63, 3.8) is 0 Å². The third-order valence-corrected chi connectivity index (χ3v) is 2.02. The lowest BCUT2D eigenvalue weighted by Gasteiger charge is -1.94. The lowest BCUT2D eigenvalue weighted by Crippen LogP contribution is -1.78. The number of rotatable bonds is 1. The van der Waals surface area contributed by atoms with E-state index in [0.29, 0.717) is 5.56 Å². The first-order valence-corrected chi connectivity index (χ1v) is 4.32. The number of aromatic amines is 1. The van der Waals surface area contributed by atoms with Crippen LogP contribution in [0.5, 0.6) is 0 Å². The summed E-state index contributed by atoms with van der Waals surface area (Å²) in [6.07, 6.45) is 0. The zero-order chi connectivity index (χ0) is 9.97. The molecule has 0 aliphatic heterocycles. The van der Waals surface area contributed by atoms with Crippen molar-refractivity contribution >= 4 is 0 Å². The lowest BCUT2D eigenvalue weighted by molar-refractivity contribution is 1.05. The van der Waals surface area contributed by atoms with Crippen LogP contribution in [-0.2, 0) is 0 Å². The maximum atomic E-state index is 8.63. The summed E-state index contributed by atoms with van der Waals surface area (Å²) in [5, 5.41) is 15.6. The van der Waals surface area contributed by atoms with Crippen molar-refractivity contribution in [1.82, 2.24) is 10.2 Å². The molecule has 0 amide bonds. The number of aromatic nitrogens is 2. The molecular formula is C11H9N3. The number of aryl methyl sites for hydroxylation is 1. The molecular weight excluding hydrogens is 174 g/mol. The van der Waals surface area contributed by atoms with E-state index in [2.05, 4.69) is 16.3 Å². The molecule has 3 nitrogen and oxygen atoms in total. The van der Waals surface area contributed by atoms with Gasteiger partial charge in [0.25, 0.3) is 0 Å². The van der Waals surface area contributed by atoms with Crippen LogP contribution in [0.4, 0.5) is 0 Å². The van der Waals surface area contributed by atoms with Gasteiger partial charge in [0.05, 0.1) is 17.3 Å². The van der Waals surface area contributed by atoms with E-state index >= 15 is 0 Å². The zero-order valence-electron chi connectivity index (χ0n) is 7.78. The van der Waals surface area contributed by atoms with Crippen molar-refractivity contribution in [2.24, 2.45) is 0 Å². The number of hydrogen-bond donors (Lipinski definition) is 1. The molecule has 0 radical (unpaired) electrons. The zero-order valence-corrected chi connectivity index (χ0v) is 7.78. The Kier molecular flexibility index (Phi) is 2.04. The predicted molar refractivity (Wildman–Crippen MR) is 53.5 cm³/mol. The molecule has 0 aliphatic rings. The van der Waals surface area contributed by atoms with Crippen LogP contribution in [0.1, 0.15) is 11.3 Å². The van der Waals surface area contributed by atoms with E-state index in [4.69, 9.17) is 5.26 Å². The molecule has 0 bridgehead atoms. The van der Waals surface area contributed by atoms with Crippen molar-refractivity contribution in [1.29, 1.82) is 5.26 Å². The molecule has 2 aromatic rings. The van der Waals surface area contributed by atoms with Gasteiger partial charge in [-0.25, -0.2) is 0 Å². The third-order valence-electron chi connectivity index (χ3n) is 2.02. The van der Waals surface area contributed by atoms with E-state index < -0.39 is 0 Å². The van der Waals surface area contributed by atoms with E-state index in [0.717, 1.165) is 17.0 Å². The summed E-state index contributed by atoms with van der Waals surface area (Å²) in [5.74, 6) is 0. The normalized spacial score (nSPS) is 9.71. The van der Waals surface area contributed by atoms with Crippen LogP contribution in [0.2, 0.25) is 0 Å². The van der Waals surface area contributed by atoms with Gasteiger partial charge in [-0.3, -0.25) is 5.10 Å². The van der Waals surface area contributed by atoms with E-state index in [1.165, 1.54) is 0 Å². The molecule has 0 fully saturated rings. The second-order valence-corrected chi connectivity index (χ2v) is 3.13. The molecule has 0 spiro atoms. The fourth-order valence-corrected chi connectivity index (χ4v) is 1.28. The highest BCUT2D eigenvalue weighted by molar-refractivity contribution is 5.60. The van der Waals surface area contributed by atoms with Crippen LogP contribution in [-0.4, -0.2) is 10.2 Å². The second-order valence-electron chi connectivity index (χ2n) is 3.13. The molecule has 0 unspecified atom stereocenters. The van der Waals surface area contributed by atoms with Gasteiger partial charge in [0, 0.05) is 11.3 Å². The van der Waals surface area contributed by atoms with Gasteiger partial charge in [0.1, 0.15) is 0 Å². The van der Waals surface area contributed by atoms with E-state index in [1.54, 1.807) is 12.1 Å². The third kappa shape index (κ3) is 1.50. The Morgan fingerprint density at radius 1 is 1.29 bits per heavy atom. The fourth-order valence-electron chi connectivity index (χ4n) is 1.28. The number of benzene rings is 1. The highest BCUT2D eigenvalue weighted by Gasteiger charge is 2.00. The first-order chi connectivity index (χ1) is 6.79. The minimum absolute atomic E-state index is 0.668. The average Bonchev–Trinajstić information content (AvgIpc) is 2.65. The summed E-state index contributed by atoms with van der Waals surface area (Å²) in [4.78, 5) is 0. The van der Waals surface area contributed by atoms with Gasteiger partial charge < -0.3 is 0 Å². The van der Waals surface area contributed by atoms with E-state index in [-0.39, 0.29) is 0 Å². The van der Waals surface area contributed by atoms with Gasteiger partial charge >= 0.3 is 0 Å². The van der Waals surface area contributed by atoms with Gasteiger partial charge in [-0.2, -0.15) is 10.4 Å². The Morgan fingerprint density at radius 2 is 2.00 bits per heavy atom. The maximum absolute atomic E-state index is 8.63. The number of nitriles is 1. The summed E-state index contributed by atoms with van der Waals surface area (Å²) >= 11 is 0. The standard InChI is InChI=1S/C11H9N3/c1-8-6-11(14-13-8)10-4-2-9(7-12)3-5-10/h2-6H,1H3,(H,13,14). The molecule has 3 heteroatoms. The Hall–Kier alpha value is -2.08. The van der Waals surface area contributed by atoms with Crippen molar-refractivity contribution in [3.05, 3.63) is 41.6 Å². The van der Waals surface area contributed by atoms with Crippen LogP contribution < -0.4 is 0 Å². The smallest absolute Gasteiger partial charge is 0.0991 e. The minimum Gasteiger partial charge on any atom is -0.282 e. The van der Waals surface area contributed by atoms with Gasteiger partial charge in [0.2, 0.25) is 0 Å². The summed E-state index contributed by atoms with van der Waals surface area (Å²) in [5.41, 5.74) is 3.63. The Labute approximate surface area is 82.0 Å². The molecule has 1 aromatic carbocycles. The first kappa shape index (κ1) is 8.52.